The molecule has 0 aromatic carbocycles. The van der Waals surface area contributed by atoms with Crippen LogP contribution in [0.1, 0.15) is 0 Å². The Hall–Kier alpha value is 0.0934. The van der Waals surface area contributed by atoms with Gasteiger partial charge in [-0.05, 0) is 0 Å². The third-order valence-corrected chi connectivity index (χ3v) is 0. The molecule has 0 unspecified atom stereocenters. The second kappa shape index (κ2) is 11.3. The Morgan fingerprint density at radius 1 is 1.75 bits per heavy atom. The topological polar surface area (TPSA) is 49.9 Å². The van der Waals surface area contributed by atoms with Crippen LogP contribution < -0.4 is 5.73 Å². The van der Waals surface area contributed by atoms with Crippen LogP contribution in [0.15, 0.2) is 0 Å². The zero-order chi connectivity index (χ0) is 2.71. The number of hydrogen-bond acceptors (Lipinski definition) is 1. The van der Waals surface area contributed by atoms with Crippen molar-refractivity contribution in [2.24, 2.45) is 5.73 Å². The van der Waals surface area contributed by atoms with Crippen molar-refractivity contribution in [1.82, 2.24) is 0 Å². The minimum atomic E-state index is 0. The third-order valence-electron chi connectivity index (χ3n) is 0. The second-order valence-electron chi connectivity index (χ2n) is 0.144. The Morgan fingerprint density at radius 2 is 1.75 bits per heavy atom. The summed E-state index contributed by atoms with van der Waals surface area (Å²) in [6.45, 7) is 0. The van der Waals surface area contributed by atoms with Crippen LogP contribution in [0.4, 0.5) is 0 Å². The predicted octanol–water partition coefficient (Wildman–Crippen LogP) is -0.573. The molecule has 0 aliphatic carbocycles. The van der Waals surface area contributed by atoms with Crippen molar-refractivity contribution in [1.29, 1.82) is 5.41 Å². The van der Waals surface area contributed by atoms with Crippen LogP contribution in [0.3, 0.4) is 0 Å². The van der Waals surface area contributed by atoms with E-state index in [1.165, 1.54) is 6.34 Å². The van der Waals surface area contributed by atoms with Crippen LogP contribution in [0.25, 0.3) is 0 Å². The van der Waals surface area contributed by atoms with Crippen LogP contribution in [-0.2, 0) is 19.5 Å². The van der Waals surface area contributed by atoms with Gasteiger partial charge in [0, 0.05) is 19.5 Å². The van der Waals surface area contributed by atoms with Gasteiger partial charge < -0.3 is 17.5 Å². The minimum absolute atomic E-state index is 0. The van der Waals surface area contributed by atoms with Crippen molar-refractivity contribution >= 4 is 6.34 Å². The van der Waals surface area contributed by atoms with Crippen LogP contribution in [0, 0.1) is 5.41 Å². The van der Waals surface area contributed by atoms with E-state index < -0.39 is 0 Å². The summed E-state index contributed by atoms with van der Waals surface area (Å²) in [5.41, 5.74) is 4.26. The molecule has 0 aliphatic heterocycles. The van der Waals surface area contributed by atoms with E-state index in [0.717, 1.165) is 0 Å². The van der Waals surface area contributed by atoms with Crippen LogP contribution in [-0.4, -0.2) is 6.34 Å². The summed E-state index contributed by atoms with van der Waals surface area (Å²) in [6.07, 6.45) is 1.50. The Morgan fingerprint density at radius 3 is 1.75 bits per heavy atom. The molecule has 0 rings (SSSR count). The average molecular weight is 108 g/mol. The van der Waals surface area contributed by atoms with Crippen molar-refractivity contribution in [2.75, 3.05) is 0 Å². The van der Waals surface area contributed by atoms with E-state index in [4.69, 9.17) is 5.41 Å². The van der Waals surface area contributed by atoms with E-state index in [2.05, 4.69) is 5.73 Å². The van der Waals surface area contributed by atoms with Gasteiger partial charge in [-0.1, -0.05) is 0 Å². The van der Waals surface area contributed by atoms with Crippen LogP contribution >= 0.6 is 0 Å². The predicted molar refractivity (Wildman–Crippen MR) is 11.9 cm³/mol. The van der Waals surface area contributed by atoms with Crippen molar-refractivity contribution in [3.63, 3.8) is 0 Å². The maximum atomic E-state index is 5.74. The summed E-state index contributed by atoms with van der Waals surface area (Å²) in [7, 11) is 0. The molecule has 0 heterocycles. The maximum absolute atomic E-state index is 5.74. The zero-order valence-electron chi connectivity index (χ0n) is 2.28. The molecule has 0 amide bonds. The van der Waals surface area contributed by atoms with Gasteiger partial charge in [-0.25, -0.2) is 0 Å². The Bertz CT molecular complexity index is 13.5. The van der Waals surface area contributed by atoms with Gasteiger partial charge in [0.2, 0.25) is 0 Å². The summed E-state index contributed by atoms with van der Waals surface area (Å²) >= 11 is 0. The standard InChI is InChI=1S/CH3N2.Zn/c2-1-3;/h(H3,2,3);/q-1;. The van der Waals surface area contributed by atoms with Crippen molar-refractivity contribution < 1.29 is 19.5 Å². The molecular formula is CH3N2Zn-. The van der Waals surface area contributed by atoms with E-state index in [-0.39, 0.29) is 19.5 Å². The van der Waals surface area contributed by atoms with E-state index in [0.29, 0.717) is 0 Å². The maximum Gasteiger partial charge on any atom is 0 e. The molecule has 0 aromatic rings. The first kappa shape index (κ1) is 8.94. The first-order valence-corrected chi connectivity index (χ1v) is 0.539. The number of nitrogens with one attached hydrogen (secondary N) is 1. The summed E-state index contributed by atoms with van der Waals surface area (Å²) < 4.78 is 0. The molecule has 2 nitrogen and oxygen atoms in total. The van der Waals surface area contributed by atoms with E-state index in [1.807, 2.05) is 0 Å². The summed E-state index contributed by atoms with van der Waals surface area (Å²) in [5, 5.41) is 5.74. The largest absolute Gasteiger partial charge is 0.563 e. The molecule has 0 saturated carbocycles. The Balaban J connectivity index is 0. The summed E-state index contributed by atoms with van der Waals surface area (Å²) in [5.74, 6) is 0. The number of nitrogens with two attached hydrogens (primary N) is 1. The molecule has 0 bridgehead atoms. The molecule has 20 valence electrons. The van der Waals surface area contributed by atoms with Crippen molar-refractivity contribution in [2.45, 2.75) is 0 Å². The van der Waals surface area contributed by atoms with Gasteiger partial charge in [0.25, 0.3) is 0 Å². The average Bonchev–Trinajstić information content (AvgIpc) is 0.918. The number of rotatable bonds is 0. The quantitative estimate of drug-likeness (QED) is 0.141. The fourth-order valence-electron chi connectivity index (χ4n) is 0. The number of hydrogen-bond donors (Lipinski definition) is 2. The normalized spacial score (nSPS) is 3.00. The molecule has 0 radical (unpaired) electrons. The van der Waals surface area contributed by atoms with E-state index in [9.17, 15) is 0 Å². The monoisotopic (exact) mass is 107 g/mol. The van der Waals surface area contributed by atoms with Crippen molar-refractivity contribution in [3.05, 3.63) is 0 Å². The first-order valence-electron chi connectivity index (χ1n) is 0.539. The van der Waals surface area contributed by atoms with Gasteiger partial charge in [-0.2, -0.15) is 0 Å². The third kappa shape index (κ3) is 287. The molecule has 0 aromatic heterocycles. The Labute approximate surface area is 37.6 Å². The van der Waals surface area contributed by atoms with Crippen LogP contribution in [0.5, 0.6) is 0 Å². The van der Waals surface area contributed by atoms with Gasteiger partial charge >= 0.3 is 0 Å². The van der Waals surface area contributed by atoms with Crippen LogP contribution in [0.2, 0.25) is 0 Å². The fourth-order valence-corrected chi connectivity index (χ4v) is 0. The van der Waals surface area contributed by atoms with Gasteiger partial charge in [-0.15, -0.1) is 0 Å². The molecule has 0 fully saturated rings. The molecule has 0 atom stereocenters. The molecule has 0 saturated heterocycles. The first-order chi connectivity index (χ1) is 1.41. The van der Waals surface area contributed by atoms with Crippen molar-refractivity contribution in [3.8, 4) is 0 Å². The SMILES string of the molecule is N=[C-]N.[Zn]. The smallest absolute Gasteiger partial charge is 0 e. The molecule has 0 aliphatic rings. The van der Waals surface area contributed by atoms with Gasteiger partial charge in [0.1, 0.15) is 0 Å². The van der Waals surface area contributed by atoms with E-state index in [1.54, 1.807) is 0 Å². The summed E-state index contributed by atoms with van der Waals surface area (Å²) in [4.78, 5) is 0. The fraction of sp³-hybridized carbons (Fsp3) is 0. The molecular weight excluding hydrogens is 105 g/mol. The Kier molecular flexibility index (Phi) is 25.3. The van der Waals surface area contributed by atoms with Gasteiger partial charge in [-0.3, -0.25) is 0 Å². The molecule has 4 heavy (non-hydrogen) atoms. The molecule has 3 heteroatoms. The van der Waals surface area contributed by atoms with E-state index >= 15 is 0 Å². The summed E-state index contributed by atoms with van der Waals surface area (Å²) in [6, 6.07) is 0. The molecule has 0 spiro atoms. The molecule has 3 N–H and O–H groups in total. The van der Waals surface area contributed by atoms with Gasteiger partial charge in [0.05, 0.1) is 0 Å². The zero-order valence-corrected chi connectivity index (χ0v) is 5.25. The minimum Gasteiger partial charge on any atom is -0.563 e. The van der Waals surface area contributed by atoms with Gasteiger partial charge in [0.15, 0.2) is 0 Å². The second-order valence-corrected chi connectivity index (χ2v) is 0.144.